The number of nitrogens with zero attached hydrogens (tertiary/aromatic N) is 4. The third-order valence-corrected chi connectivity index (χ3v) is 3.41. The first kappa shape index (κ1) is 13.3. The number of carbonyl (C=O) groups is 1. The number of hydrogen-bond acceptors (Lipinski definition) is 3. The fourth-order valence-electron chi connectivity index (χ4n) is 2.36. The Hall–Kier alpha value is -2.69. The van der Waals surface area contributed by atoms with Crippen molar-refractivity contribution in [3.8, 4) is 0 Å². The maximum absolute atomic E-state index is 12.7. The van der Waals surface area contributed by atoms with Crippen molar-refractivity contribution in [1.82, 2.24) is 19.1 Å². The molecule has 106 valence electrons. The minimum absolute atomic E-state index is 0.137. The molecule has 0 unspecified atom stereocenters. The predicted molar refractivity (Wildman–Crippen MR) is 78.7 cm³/mol. The van der Waals surface area contributed by atoms with E-state index in [1.54, 1.807) is 25.0 Å². The third kappa shape index (κ3) is 3.25. The first-order chi connectivity index (χ1) is 10.3. The Labute approximate surface area is 122 Å². The predicted octanol–water partition coefficient (Wildman–Crippen LogP) is 2.28. The van der Waals surface area contributed by atoms with Crippen LogP contribution < -0.4 is 0 Å². The molecule has 0 aliphatic rings. The third-order valence-electron chi connectivity index (χ3n) is 3.41. The lowest BCUT2D eigenvalue weighted by molar-refractivity contribution is 0.0892. The Balaban J connectivity index is 1.82. The van der Waals surface area contributed by atoms with Gasteiger partial charge in [0.25, 0.3) is 0 Å². The Bertz CT molecular complexity index is 638. The van der Waals surface area contributed by atoms with Crippen molar-refractivity contribution in [2.75, 3.05) is 0 Å². The van der Waals surface area contributed by atoms with E-state index in [1.807, 2.05) is 51.9 Å². The zero-order valence-corrected chi connectivity index (χ0v) is 11.5. The molecule has 0 saturated heterocycles. The van der Waals surface area contributed by atoms with Gasteiger partial charge in [0, 0.05) is 43.4 Å². The van der Waals surface area contributed by atoms with E-state index in [2.05, 4.69) is 9.97 Å². The highest BCUT2D eigenvalue weighted by atomic mass is 16.1. The molecule has 0 amide bonds. The molecule has 0 atom stereocenters. The summed E-state index contributed by atoms with van der Waals surface area (Å²) in [5.41, 5.74) is 0.739. The highest BCUT2D eigenvalue weighted by Gasteiger charge is 2.21. The second kappa shape index (κ2) is 6.17. The van der Waals surface area contributed by atoms with Crippen LogP contribution in [-0.2, 0) is 13.1 Å². The number of benzene rings is 1. The highest BCUT2D eigenvalue weighted by Crippen LogP contribution is 2.14. The van der Waals surface area contributed by atoms with E-state index in [0.29, 0.717) is 13.1 Å². The monoisotopic (exact) mass is 280 g/mol. The van der Waals surface area contributed by atoms with Gasteiger partial charge in [-0.3, -0.25) is 4.79 Å². The lowest BCUT2D eigenvalue weighted by atomic mass is 9.97. The van der Waals surface area contributed by atoms with E-state index in [1.165, 1.54) is 0 Å². The van der Waals surface area contributed by atoms with Crippen molar-refractivity contribution in [1.29, 1.82) is 0 Å². The molecule has 5 nitrogen and oxygen atoms in total. The number of carbonyl (C=O) groups excluding carboxylic acids is 1. The van der Waals surface area contributed by atoms with Crippen LogP contribution in [0.5, 0.6) is 0 Å². The SMILES string of the molecule is O=C(c1ccccc1)C(Cn1ccnc1)Cn1ccnc1. The van der Waals surface area contributed by atoms with Crippen molar-refractivity contribution < 1.29 is 4.79 Å². The first-order valence-electron chi connectivity index (χ1n) is 6.83. The molecule has 2 heterocycles. The number of Topliss-reactive ketones (excluding diaryl/α,β-unsaturated/α-hetero) is 1. The Kier molecular flexibility index (Phi) is 3.91. The largest absolute Gasteiger partial charge is 0.337 e. The molecule has 0 bridgehead atoms. The van der Waals surface area contributed by atoms with Gasteiger partial charge in [-0.15, -0.1) is 0 Å². The summed E-state index contributed by atoms with van der Waals surface area (Å²) >= 11 is 0. The number of aromatic nitrogens is 4. The molecule has 3 aromatic rings. The molecule has 0 spiro atoms. The van der Waals surface area contributed by atoms with Crippen LogP contribution in [0.2, 0.25) is 0 Å². The van der Waals surface area contributed by atoms with Crippen LogP contribution in [0.3, 0.4) is 0 Å². The lowest BCUT2D eigenvalue weighted by Crippen LogP contribution is -2.25. The topological polar surface area (TPSA) is 52.7 Å². The Morgan fingerprint density at radius 2 is 1.52 bits per heavy atom. The molecule has 1 aromatic carbocycles. The van der Waals surface area contributed by atoms with E-state index in [4.69, 9.17) is 0 Å². The molecule has 0 fully saturated rings. The molecular formula is C16H16N4O. The molecule has 0 aliphatic heterocycles. The maximum Gasteiger partial charge on any atom is 0.169 e. The molecule has 0 saturated carbocycles. The molecule has 0 radical (unpaired) electrons. The van der Waals surface area contributed by atoms with Crippen molar-refractivity contribution in [3.63, 3.8) is 0 Å². The molecule has 21 heavy (non-hydrogen) atoms. The van der Waals surface area contributed by atoms with Crippen molar-refractivity contribution >= 4 is 5.78 Å². The van der Waals surface area contributed by atoms with Gasteiger partial charge in [-0.2, -0.15) is 0 Å². The van der Waals surface area contributed by atoms with Gasteiger partial charge in [0.05, 0.1) is 18.6 Å². The van der Waals surface area contributed by atoms with Gasteiger partial charge in [0.2, 0.25) is 0 Å². The minimum atomic E-state index is -0.157. The fourth-order valence-corrected chi connectivity index (χ4v) is 2.36. The second-order valence-corrected chi connectivity index (χ2v) is 4.95. The standard InChI is InChI=1S/C16H16N4O/c21-16(14-4-2-1-3-5-14)15(10-19-8-6-17-12-19)11-20-9-7-18-13-20/h1-9,12-13,15H,10-11H2. The van der Waals surface area contributed by atoms with E-state index < -0.39 is 0 Å². The van der Waals surface area contributed by atoms with Crippen LogP contribution in [0, 0.1) is 5.92 Å². The van der Waals surface area contributed by atoms with Crippen LogP contribution in [0.1, 0.15) is 10.4 Å². The van der Waals surface area contributed by atoms with E-state index >= 15 is 0 Å². The lowest BCUT2D eigenvalue weighted by Gasteiger charge is -2.17. The summed E-state index contributed by atoms with van der Waals surface area (Å²) in [4.78, 5) is 20.8. The minimum Gasteiger partial charge on any atom is -0.337 e. The first-order valence-corrected chi connectivity index (χ1v) is 6.83. The van der Waals surface area contributed by atoms with Crippen LogP contribution in [0.15, 0.2) is 67.8 Å². The average Bonchev–Trinajstić information content (AvgIpc) is 3.20. The Morgan fingerprint density at radius 1 is 0.952 bits per heavy atom. The summed E-state index contributed by atoms with van der Waals surface area (Å²) in [7, 11) is 0. The highest BCUT2D eigenvalue weighted by molar-refractivity contribution is 5.97. The van der Waals surface area contributed by atoms with Gasteiger partial charge in [0.15, 0.2) is 5.78 Å². The summed E-state index contributed by atoms with van der Waals surface area (Å²) < 4.78 is 3.87. The maximum atomic E-state index is 12.7. The van der Waals surface area contributed by atoms with Gasteiger partial charge < -0.3 is 9.13 Å². The molecular weight excluding hydrogens is 264 g/mol. The van der Waals surface area contributed by atoms with Gasteiger partial charge >= 0.3 is 0 Å². The van der Waals surface area contributed by atoms with Gasteiger partial charge in [-0.1, -0.05) is 30.3 Å². The van der Waals surface area contributed by atoms with E-state index in [0.717, 1.165) is 5.56 Å². The van der Waals surface area contributed by atoms with Crippen LogP contribution in [-0.4, -0.2) is 24.9 Å². The Morgan fingerprint density at radius 3 is 2.00 bits per heavy atom. The zero-order chi connectivity index (χ0) is 14.5. The summed E-state index contributed by atoms with van der Waals surface area (Å²) in [6.45, 7) is 1.21. The quantitative estimate of drug-likeness (QED) is 0.651. The van der Waals surface area contributed by atoms with Crippen LogP contribution >= 0.6 is 0 Å². The zero-order valence-electron chi connectivity index (χ0n) is 11.5. The molecule has 2 aromatic heterocycles. The normalized spacial score (nSPS) is 10.9. The fraction of sp³-hybridized carbons (Fsp3) is 0.188. The van der Waals surface area contributed by atoms with Crippen LogP contribution in [0.4, 0.5) is 0 Å². The molecule has 0 aliphatic carbocycles. The molecule has 3 rings (SSSR count). The number of hydrogen-bond donors (Lipinski definition) is 0. The van der Waals surface area contributed by atoms with Gasteiger partial charge in [-0.25, -0.2) is 9.97 Å². The van der Waals surface area contributed by atoms with Gasteiger partial charge in [0.1, 0.15) is 0 Å². The van der Waals surface area contributed by atoms with Crippen LogP contribution in [0.25, 0.3) is 0 Å². The van der Waals surface area contributed by atoms with Gasteiger partial charge in [-0.05, 0) is 0 Å². The van der Waals surface area contributed by atoms with Crippen molar-refractivity contribution in [2.45, 2.75) is 13.1 Å². The van der Waals surface area contributed by atoms with E-state index in [9.17, 15) is 4.79 Å². The van der Waals surface area contributed by atoms with Crippen molar-refractivity contribution in [3.05, 3.63) is 73.3 Å². The summed E-state index contributed by atoms with van der Waals surface area (Å²) in [5, 5.41) is 0. The summed E-state index contributed by atoms with van der Waals surface area (Å²) in [6, 6.07) is 9.41. The smallest absolute Gasteiger partial charge is 0.169 e. The number of ketones is 1. The number of imidazole rings is 2. The summed E-state index contributed by atoms with van der Waals surface area (Å²) in [5.74, 6) is -0.0196. The number of rotatable bonds is 6. The van der Waals surface area contributed by atoms with E-state index in [-0.39, 0.29) is 11.7 Å². The second-order valence-electron chi connectivity index (χ2n) is 4.95. The molecule has 0 N–H and O–H groups in total. The average molecular weight is 280 g/mol. The van der Waals surface area contributed by atoms with Crippen molar-refractivity contribution in [2.24, 2.45) is 5.92 Å². The molecule has 5 heteroatoms. The summed E-state index contributed by atoms with van der Waals surface area (Å²) in [6.07, 6.45) is 10.7.